The summed E-state index contributed by atoms with van der Waals surface area (Å²) in [6.45, 7) is 4.00. The molecule has 2 fully saturated rings. The maximum Gasteiger partial charge on any atom is 0.272 e. The molecule has 34 heavy (non-hydrogen) atoms. The van der Waals surface area contributed by atoms with Crippen molar-refractivity contribution in [1.82, 2.24) is 14.6 Å². The summed E-state index contributed by atoms with van der Waals surface area (Å²) in [4.78, 5) is 27.5. The Kier molecular flexibility index (Phi) is 6.05. The zero-order chi connectivity index (χ0) is 23.9. The Hall–Kier alpha value is -2.95. The van der Waals surface area contributed by atoms with Crippen LogP contribution in [0.4, 0.5) is 5.69 Å². The molecular formula is C24H28N4O5S. The highest BCUT2D eigenvalue weighted by Gasteiger charge is 2.46. The lowest BCUT2D eigenvalue weighted by Gasteiger charge is -2.19. The van der Waals surface area contributed by atoms with Gasteiger partial charge in [-0.25, -0.2) is 8.42 Å². The number of hydrogen-bond acceptors (Lipinski definition) is 5. The van der Waals surface area contributed by atoms with Crippen molar-refractivity contribution in [2.45, 2.75) is 49.3 Å². The molecule has 2 amide bonds. The third-order valence-corrected chi connectivity index (χ3v) is 8.65. The van der Waals surface area contributed by atoms with Crippen LogP contribution in [-0.4, -0.2) is 54.9 Å². The van der Waals surface area contributed by atoms with Crippen LogP contribution in [0.5, 0.6) is 0 Å². The number of aromatic amines is 1. The van der Waals surface area contributed by atoms with Gasteiger partial charge in [0.25, 0.3) is 5.91 Å². The van der Waals surface area contributed by atoms with Crippen LogP contribution in [-0.2, 0) is 32.4 Å². The monoisotopic (exact) mass is 484 g/mol. The van der Waals surface area contributed by atoms with Gasteiger partial charge in [0.05, 0.1) is 11.0 Å². The number of nitrogens with zero attached hydrogens (tertiary/aromatic N) is 1. The maximum absolute atomic E-state index is 13.1. The minimum atomic E-state index is -3.69. The summed E-state index contributed by atoms with van der Waals surface area (Å²) in [5.41, 5.74) is 3.38. The number of amides is 2. The van der Waals surface area contributed by atoms with Crippen LogP contribution in [0.2, 0.25) is 0 Å². The van der Waals surface area contributed by atoms with Crippen molar-refractivity contribution in [3.05, 3.63) is 59.9 Å². The third-order valence-electron chi connectivity index (χ3n) is 6.80. The van der Waals surface area contributed by atoms with Crippen LogP contribution in [0, 0.1) is 5.92 Å². The van der Waals surface area contributed by atoms with Gasteiger partial charge < -0.3 is 20.4 Å². The number of carbonyl (C=O) groups is 2. The average Bonchev–Trinajstić information content (AvgIpc) is 3.52. The Balaban J connectivity index is 1.20. The lowest BCUT2D eigenvalue weighted by molar-refractivity contribution is -0.120. The first kappa shape index (κ1) is 22.8. The van der Waals surface area contributed by atoms with E-state index in [1.54, 1.807) is 12.1 Å². The molecule has 5 rings (SSSR count). The zero-order valence-electron chi connectivity index (χ0n) is 18.7. The predicted molar refractivity (Wildman–Crippen MR) is 126 cm³/mol. The topological polar surface area (TPSA) is 121 Å². The largest absolute Gasteiger partial charge is 0.354 e. The van der Waals surface area contributed by atoms with Gasteiger partial charge in [0.1, 0.15) is 11.9 Å². The van der Waals surface area contributed by atoms with E-state index < -0.39 is 16.3 Å². The molecule has 1 aromatic heterocycles. The van der Waals surface area contributed by atoms with Crippen LogP contribution in [0.15, 0.2) is 47.9 Å². The van der Waals surface area contributed by atoms with Crippen molar-refractivity contribution in [2.75, 3.05) is 18.4 Å². The molecule has 0 spiro atoms. The minimum Gasteiger partial charge on any atom is -0.354 e. The van der Waals surface area contributed by atoms with Crippen molar-refractivity contribution in [3.63, 3.8) is 0 Å². The normalized spacial score (nSPS) is 24.3. The highest BCUT2D eigenvalue weighted by Crippen LogP contribution is 2.35. The van der Waals surface area contributed by atoms with Gasteiger partial charge in [-0.15, -0.1) is 0 Å². The second kappa shape index (κ2) is 9.01. The Morgan fingerprint density at radius 2 is 1.91 bits per heavy atom. The maximum atomic E-state index is 13.1. The quantitative estimate of drug-likeness (QED) is 0.543. The van der Waals surface area contributed by atoms with E-state index in [0.29, 0.717) is 24.3 Å². The molecule has 3 heterocycles. The number of aryl methyl sites for hydroxylation is 2. The molecule has 1 aliphatic carbocycles. The standard InChI is InChI=1S/C24H28N4O5S/c1-2-22(29)27-23-12-16-13-28(14-21(16)33-23)34(31,32)18-9-7-17(8-10-18)25-24(30)20-11-15-5-3-4-6-19(15)26-20/h2,7-11,16,21,23,26H,1,3-6,12-14H2,(H,25,30)(H,27,29). The lowest BCUT2D eigenvalue weighted by atomic mass is 9.98. The first-order chi connectivity index (χ1) is 16.3. The van der Waals surface area contributed by atoms with Crippen molar-refractivity contribution in [1.29, 1.82) is 0 Å². The fraction of sp³-hybridized carbons (Fsp3) is 0.417. The number of carbonyl (C=O) groups excluding carboxylic acids is 2. The molecule has 2 aliphatic heterocycles. The van der Waals surface area contributed by atoms with Gasteiger partial charge in [-0.1, -0.05) is 6.58 Å². The van der Waals surface area contributed by atoms with E-state index in [0.717, 1.165) is 31.4 Å². The number of ether oxygens (including phenoxy) is 1. The van der Waals surface area contributed by atoms with Crippen LogP contribution in [0.3, 0.4) is 0 Å². The molecule has 10 heteroatoms. The van der Waals surface area contributed by atoms with Crippen molar-refractivity contribution < 1.29 is 22.7 Å². The Morgan fingerprint density at radius 3 is 2.62 bits per heavy atom. The van der Waals surface area contributed by atoms with E-state index in [4.69, 9.17) is 4.74 Å². The van der Waals surface area contributed by atoms with Crippen LogP contribution in [0.1, 0.15) is 41.0 Å². The van der Waals surface area contributed by atoms with Crippen molar-refractivity contribution >= 4 is 27.5 Å². The van der Waals surface area contributed by atoms with E-state index >= 15 is 0 Å². The van der Waals surface area contributed by atoms with E-state index in [2.05, 4.69) is 22.2 Å². The molecule has 0 saturated carbocycles. The molecular weight excluding hydrogens is 456 g/mol. The minimum absolute atomic E-state index is 0.0232. The van der Waals surface area contributed by atoms with Crippen LogP contribution < -0.4 is 10.6 Å². The molecule has 3 aliphatic rings. The zero-order valence-corrected chi connectivity index (χ0v) is 19.6. The second-order valence-electron chi connectivity index (χ2n) is 9.07. The van der Waals surface area contributed by atoms with Gasteiger partial charge in [-0.05, 0) is 74.1 Å². The number of fused-ring (bicyclic) bond motifs is 2. The molecule has 180 valence electrons. The number of nitrogens with one attached hydrogen (secondary N) is 3. The molecule has 2 aromatic rings. The van der Waals surface area contributed by atoms with Crippen molar-refractivity contribution in [2.24, 2.45) is 5.92 Å². The Morgan fingerprint density at radius 1 is 1.15 bits per heavy atom. The highest BCUT2D eigenvalue weighted by atomic mass is 32.2. The average molecular weight is 485 g/mol. The summed E-state index contributed by atoms with van der Waals surface area (Å²) >= 11 is 0. The molecule has 1 aromatic carbocycles. The summed E-state index contributed by atoms with van der Waals surface area (Å²) in [6.07, 6.45) is 5.28. The van der Waals surface area contributed by atoms with E-state index in [-0.39, 0.29) is 35.3 Å². The number of rotatable bonds is 6. The first-order valence-electron chi connectivity index (χ1n) is 11.5. The Bertz CT molecular complexity index is 1180. The fourth-order valence-corrected chi connectivity index (χ4v) is 6.52. The van der Waals surface area contributed by atoms with Gasteiger partial charge >= 0.3 is 0 Å². The lowest BCUT2D eigenvalue weighted by Crippen LogP contribution is -2.37. The number of H-pyrrole nitrogens is 1. The molecule has 0 radical (unpaired) electrons. The van der Waals surface area contributed by atoms with Crippen LogP contribution >= 0.6 is 0 Å². The number of aromatic nitrogens is 1. The van der Waals surface area contributed by atoms with Gasteiger partial charge in [0.2, 0.25) is 15.9 Å². The number of hydrogen-bond donors (Lipinski definition) is 3. The molecule has 3 N–H and O–H groups in total. The fourth-order valence-electron chi connectivity index (χ4n) is 5.02. The predicted octanol–water partition coefficient (Wildman–Crippen LogP) is 2.18. The second-order valence-corrected chi connectivity index (χ2v) is 11.0. The third kappa shape index (κ3) is 4.40. The van der Waals surface area contributed by atoms with Gasteiger partial charge in [0.15, 0.2) is 0 Å². The molecule has 0 bridgehead atoms. The van der Waals surface area contributed by atoms with Gasteiger partial charge in [0, 0.05) is 30.4 Å². The number of anilines is 1. The number of benzene rings is 1. The van der Waals surface area contributed by atoms with Gasteiger partial charge in [-0.3, -0.25) is 9.59 Å². The molecule has 9 nitrogen and oxygen atoms in total. The van der Waals surface area contributed by atoms with Gasteiger partial charge in [-0.2, -0.15) is 4.31 Å². The number of sulfonamides is 1. The highest BCUT2D eigenvalue weighted by molar-refractivity contribution is 7.89. The Labute approximate surface area is 198 Å². The summed E-state index contributed by atoms with van der Waals surface area (Å²) < 4.78 is 33.5. The smallest absolute Gasteiger partial charge is 0.272 e. The van der Waals surface area contributed by atoms with E-state index in [9.17, 15) is 18.0 Å². The molecule has 3 atom stereocenters. The SMILES string of the molecule is C=CC(=O)NC1CC2CN(S(=O)(=O)c3ccc(NC(=O)c4cc5c([nH]4)CCCC5)cc3)CC2O1. The van der Waals surface area contributed by atoms with E-state index in [1.165, 1.54) is 28.1 Å². The first-order valence-corrected chi connectivity index (χ1v) is 13.0. The summed E-state index contributed by atoms with van der Waals surface area (Å²) in [5, 5.41) is 5.54. The van der Waals surface area contributed by atoms with Crippen molar-refractivity contribution in [3.8, 4) is 0 Å². The summed E-state index contributed by atoms with van der Waals surface area (Å²) in [6, 6.07) is 8.12. The molecule has 2 saturated heterocycles. The van der Waals surface area contributed by atoms with Crippen LogP contribution in [0.25, 0.3) is 0 Å². The van der Waals surface area contributed by atoms with E-state index in [1.807, 2.05) is 6.07 Å². The summed E-state index contributed by atoms with van der Waals surface area (Å²) in [7, 11) is -3.69. The molecule has 3 unspecified atom stereocenters. The summed E-state index contributed by atoms with van der Waals surface area (Å²) in [5.74, 6) is -0.528.